The molecule has 0 aromatic heterocycles. The number of hydrogen-bond acceptors (Lipinski definition) is 3. The Balaban J connectivity index is 1.76. The van der Waals surface area contributed by atoms with Crippen LogP contribution in [-0.4, -0.2) is 20.0 Å². The lowest BCUT2D eigenvalue weighted by atomic mass is 9.81. The van der Waals surface area contributed by atoms with E-state index in [9.17, 15) is 4.79 Å². The van der Waals surface area contributed by atoms with Crippen LogP contribution in [0.4, 0.5) is 0 Å². The Kier molecular flexibility index (Phi) is 4.21. The molecule has 0 radical (unpaired) electrons. The van der Waals surface area contributed by atoms with Crippen LogP contribution in [0.5, 0.6) is 11.5 Å². The number of ether oxygens (including phenoxy) is 2. The van der Waals surface area contributed by atoms with E-state index < -0.39 is 0 Å². The summed E-state index contributed by atoms with van der Waals surface area (Å²) in [5.74, 6) is 1.62. The molecule has 3 aromatic rings. The van der Waals surface area contributed by atoms with Crippen molar-refractivity contribution in [1.82, 2.24) is 0 Å². The van der Waals surface area contributed by atoms with Crippen LogP contribution in [0.1, 0.15) is 38.2 Å². The van der Waals surface area contributed by atoms with Crippen LogP contribution in [0.25, 0.3) is 0 Å². The standard InChI is InChI=1S/C23H20O3/c1-25-19-11-15(12-20(14-19)26-2)10-17-7-5-8-18-13-16-6-3-4-9-21(16)23(24)22(17)18/h3-9,11-12,14H,10,13H2,1-2H3. The monoisotopic (exact) mass is 344 g/mol. The van der Waals surface area contributed by atoms with E-state index in [1.807, 2.05) is 54.6 Å². The van der Waals surface area contributed by atoms with Crippen molar-refractivity contribution in [2.45, 2.75) is 12.8 Å². The maximum Gasteiger partial charge on any atom is 0.193 e. The van der Waals surface area contributed by atoms with Gasteiger partial charge in [0.1, 0.15) is 11.5 Å². The molecule has 0 bridgehead atoms. The highest BCUT2D eigenvalue weighted by Gasteiger charge is 2.25. The Hall–Kier alpha value is -3.07. The minimum Gasteiger partial charge on any atom is -0.497 e. The lowest BCUT2D eigenvalue weighted by Gasteiger charge is -2.21. The molecule has 0 saturated carbocycles. The molecule has 3 nitrogen and oxygen atoms in total. The van der Waals surface area contributed by atoms with Gasteiger partial charge in [0.05, 0.1) is 14.2 Å². The first-order valence-electron chi connectivity index (χ1n) is 8.65. The van der Waals surface area contributed by atoms with Gasteiger partial charge < -0.3 is 9.47 Å². The van der Waals surface area contributed by atoms with Crippen molar-refractivity contribution in [1.29, 1.82) is 0 Å². The molecule has 0 aliphatic heterocycles. The van der Waals surface area contributed by atoms with Gasteiger partial charge in [-0.1, -0.05) is 42.5 Å². The highest BCUT2D eigenvalue weighted by Crippen LogP contribution is 2.31. The fraction of sp³-hybridized carbons (Fsp3) is 0.174. The van der Waals surface area contributed by atoms with Crippen LogP contribution >= 0.6 is 0 Å². The van der Waals surface area contributed by atoms with Gasteiger partial charge >= 0.3 is 0 Å². The summed E-state index contributed by atoms with van der Waals surface area (Å²) in [6.07, 6.45) is 1.46. The number of methoxy groups -OCH3 is 2. The first-order valence-corrected chi connectivity index (χ1v) is 8.65. The van der Waals surface area contributed by atoms with E-state index in [-0.39, 0.29) is 5.78 Å². The van der Waals surface area contributed by atoms with E-state index >= 15 is 0 Å². The maximum atomic E-state index is 13.1. The summed E-state index contributed by atoms with van der Waals surface area (Å²) in [5, 5.41) is 0. The molecule has 0 atom stereocenters. The quantitative estimate of drug-likeness (QED) is 0.549. The molecule has 0 heterocycles. The van der Waals surface area contributed by atoms with Crippen molar-refractivity contribution >= 4 is 5.78 Å². The fourth-order valence-electron chi connectivity index (χ4n) is 3.66. The average molecular weight is 344 g/mol. The molecule has 4 rings (SSSR count). The van der Waals surface area contributed by atoms with Crippen molar-refractivity contribution in [2.75, 3.05) is 14.2 Å². The number of fused-ring (bicyclic) bond motifs is 2. The van der Waals surface area contributed by atoms with Crippen LogP contribution in [0.3, 0.4) is 0 Å². The molecule has 0 unspecified atom stereocenters. The normalized spacial score (nSPS) is 12.3. The first kappa shape index (κ1) is 16.4. The van der Waals surface area contributed by atoms with Gasteiger partial charge in [-0.05, 0) is 47.2 Å². The number of carbonyl (C=O) groups excluding carboxylic acids is 1. The number of rotatable bonds is 4. The van der Waals surface area contributed by atoms with Gasteiger partial charge in [0.15, 0.2) is 5.78 Å². The molecule has 3 aromatic carbocycles. The number of hydrogen-bond donors (Lipinski definition) is 0. The van der Waals surface area contributed by atoms with Gasteiger partial charge in [-0.3, -0.25) is 4.79 Å². The predicted molar refractivity (Wildman–Crippen MR) is 101 cm³/mol. The molecule has 0 amide bonds. The summed E-state index contributed by atoms with van der Waals surface area (Å²) in [6.45, 7) is 0. The Morgan fingerprint density at radius 3 is 2.27 bits per heavy atom. The van der Waals surface area contributed by atoms with Crippen LogP contribution in [-0.2, 0) is 12.8 Å². The SMILES string of the molecule is COc1cc(Cc2cccc3c2C(=O)c2ccccc2C3)cc(OC)c1. The van der Waals surface area contributed by atoms with Gasteiger partial charge in [0.2, 0.25) is 0 Å². The van der Waals surface area contributed by atoms with E-state index in [1.165, 1.54) is 0 Å². The van der Waals surface area contributed by atoms with Gasteiger partial charge in [-0.25, -0.2) is 0 Å². The van der Waals surface area contributed by atoms with Gasteiger partial charge in [-0.2, -0.15) is 0 Å². The highest BCUT2D eigenvalue weighted by atomic mass is 16.5. The molecule has 130 valence electrons. The third-order valence-corrected chi connectivity index (χ3v) is 4.91. The molecule has 26 heavy (non-hydrogen) atoms. The zero-order valence-corrected chi connectivity index (χ0v) is 14.9. The van der Waals surface area contributed by atoms with Gasteiger partial charge in [0, 0.05) is 17.2 Å². The van der Waals surface area contributed by atoms with Crippen molar-refractivity contribution < 1.29 is 14.3 Å². The second-order valence-corrected chi connectivity index (χ2v) is 6.51. The van der Waals surface area contributed by atoms with Crippen molar-refractivity contribution in [3.05, 3.63) is 94.0 Å². The summed E-state index contributed by atoms with van der Waals surface area (Å²) in [6, 6.07) is 19.8. The lowest BCUT2D eigenvalue weighted by Crippen LogP contribution is -2.17. The van der Waals surface area contributed by atoms with Crippen LogP contribution in [0, 0.1) is 0 Å². The average Bonchev–Trinajstić information content (AvgIpc) is 2.68. The summed E-state index contributed by atoms with van der Waals surface area (Å²) in [5.41, 5.74) is 5.95. The second kappa shape index (κ2) is 6.68. The predicted octanol–water partition coefficient (Wildman–Crippen LogP) is 4.43. The van der Waals surface area contributed by atoms with Crippen molar-refractivity contribution in [3.63, 3.8) is 0 Å². The van der Waals surface area contributed by atoms with E-state index in [1.54, 1.807) is 14.2 Å². The molecule has 0 spiro atoms. The maximum absolute atomic E-state index is 13.1. The topological polar surface area (TPSA) is 35.5 Å². The van der Waals surface area contributed by atoms with Gasteiger partial charge in [-0.15, -0.1) is 0 Å². The van der Waals surface area contributed by atoms with Crippen molar-refractivity contribution in [2.24, 2.45) is 0 Å². The van der Waals surface area contributed by atoms with E-state index in [4.69, 9.17) is 9.47 Å². The summed E-state index contributed by atoms with van der Waals surface area (Å²) in [4.78, 5) is 13.1. The zero-order valence-electron chi connectivity index (χ0n) is 14.9. The number of ketones is 1. The number of benzene rings is 3. The molecular formula is C23H20O3. The molecule has 0 fully saturated rings. The molecule has 3 heteroatoms. The minimum absolute atomic E-state index is 0.118. The van der Waals surface area contributed by atoms with Crippen LogP contribution in [0.2, 0.25) is 0 Å². The molecule has 0 N–H and O–H groups in total. The fourth-order valence-corrected chi connectivity index (χ4v) is 3.66. The Morgan fingerprint density at radius 1 is 0.846 bits per heavy atom. The Labute approximate surface area is 153 Å². The Morgan fingerprint density at radius 2 is 1.54 bits per heavy atom. The Bertz CT molecular complexity index is 966. The molecule has 1 aliphatic carbocycles. The van der Waals surface area contributed by atoms with Gasteiger partial charge in [0.25, 0.3) is 0 Å². The van der Waals surface area contributed by atoms with E-state index in [2.05, 4.69) is 6.07 Å². The highest BCUT2D eigenvalue weighted by molar-refractivity contribution is 6.13. The molecular weight excluding hydrogens is 324 g/mol. The second-order valence-electron chi connectivity index (χ2n) is 6.51. The zero-order chi connectivity index (χ0) is 18.1. The summed E-state index contributed by atoms with van der Waals surface area (Å²) >= 11 is 0. The van der Waals surface area contributed by atoms with Crippen LogP contribution in [0.15, 0.2) is 60.7 Å². The van der Waals surface area contributed by atoms with E-state index in [0.717, 1.165) is 51.3 Å². The van der Waals surface area contributed by atoms with Crippen molar-refractivity contribution in [3.8, 4) is 11.5 Å². The summed E-state index contributed by atoms with van der Waals surface area (Å²) in [7, 11) is 3.28. The smallest absolute Gasteiger partial charge is 0.193 e. The summed E-state index contributed by atoms with van der Waals surface area (Å²) < 4.78 is 10.7. The molecule has 0 saturated heterocycles. The molecule has 1 aliphatic rings. The largest absolute Gasteiger partial charge is 0.497 e. The third-order valence-electron chi connectivity index (χ3n) is 4.91. The first-order chi connectivity index (χ1) is 12.7. The third kappa shape index (κ3) is 2.86. The number of carbonyl (C=O) groups is 1. The van der Waals surface area contributed by atoms with E-state index in [0.29, 0.717) is 6.42 Å². The lowest BCUT2D eigenvalue weighted by molar-refractivity contribution is 0.103. The minimum atomic E-state index is 0.118. The van der Waals surface area contributed by atoms with Crippen LogP contribution < -0.4 is 9.47 Å².